The summed E-state index contributed by atoms with van der Waals surface area (Å²) in [5.41, 5.74) is 4.25. The van der Waals surface area contributed by atoms with Gasteiger partial charge in [-0.15, -0.1) is 0 Å². The predicted molar refractivity (Wildman–Crippen MR) is 83.1 cm³/mol. The fourth-order valence-electron chi connectivity index (χ4n) is 2.21. The van der Waals surface area contributed by atoms with Gasteiger partial charge in [-0.3, -0.25) is 0 Å². The molecular weight excluding hydrogens is 266 g/mol. The Balaban J connectivity index is 2.22. The quantitative estimate of drug-likeness (QED) is 0.916. The van der Waals surface area contributed by atoms with Crippen LogP contribution >= 0.6 is 0 Å². The zero-order valence-electron chi connectivity index (χ0n) is 13.2. The molecule has 0 atom stereocenters. The number of aryl methyl sites for hydroxylation is 1. The first-order chi connectivity index (χ1) is 10.1. The van der Waals surface area contributed by atoms with E-state index < -0.39 is 0 Å². The molecular formula is C16H21N3O2. The molecule has 1 heterocycles. The average molecular weight is 287 g/mol. The Morgan fingerprint density at radius 1 is 1.00 bits per heavy atom. The highest BCUT2D eigenvalue weighted by Gasteiger charge is 2.11. The highest BCUT2D eigenvalue weighted by atomic mass is 16.5. The Hall–Kier alpha value is -2.30. The van der Waals surface area contributed by atoms with Crippen LogP contribution in [0.1, 0.15) is 22.4 Å². The monoisotopic (exact) mass is 287 g/mol. The third kappa shape index (κ3) is 3.07. The lowest BCUT2D eigenvalue weighted by molar-refractivity contribution is 0.352. The fourth-order valence-corrected chi connectivity index (χ4v) is 2.21. The number of nitrogens with zero attached hydrogens (tertiary/aromatic N) is 2. The molecule has 0 saturated carbocycles. The van der Waals surface area contributed by atoms with Crippen LogP contribution in [0.4, 0.5) is 5.82 Å². The first-order valence-electron chi connectivity index (χ1n) is 6.81. The molecule has 5 heteroatoms. The van der Waals surface area contributed by atoms with E-state index in [1.165, 1.54) is 0 Å². The summed E-state index contributed by atoms with van der Waals surface area (Å²) in [5.74, 6) is 2.37. The van der Waals surface area contributed by atoms with Gasteiger partial charge in [0, 0.05) is 17.8 Å². The zero-order chi connectivity index (χ0) is 15.4. The number of benzene rings is 1. The maximum absolute atomic E-state index is 5.42. The number of hydrogen-bond acceptors (Lipinski definition) is 5. The third-order valence-electron chi connectivity index (χ3n) is 3.69. The molecule has 0 amide bonds. The van der Waals surface area contributed by atoms with Crippen molar-refractivity contribution in [2.24, 2.45) is 0 Å². The van der Waals surface area contributed by atoms with Gasteiger partial charge in [0.25, 0.3) is 0 Å². The molecule has 0 fully saturated rings. The van der Waals surface area contributed by atoms with Crippen LogP contribution in [0.25, 0.3) is 0 Å². The molecule has 2 aromatic rings. The molecule has 1 aromatic heterocycles. The van der Waals surface area contributed by atoms with E-state index in [2.05, 4.69) is 15.3 Å². The van der Waals surface area contributed by atoms with Gasteiger partial charge in [0.05, 0.1) is 14.2 Å². The number of anilines is 1. The van der Waals surface area contributed by atoms with Crippen LogP contribution in [0, 0.1) is 20.8 Å². The van der Waals surface area contributed by atoms with E-state index in [-0.39, 0.29) is 0 Å². The number of aromatic nitrogens is 2. The summed E-state index contributed by atoms with van der Waals surface area (Å²) < 4.78 is 10.7. The van der Waals surface area contributed by atoms with Gasteiger partial charge >= 0.3 is 0 Å². The molecule has 21 heavy (non-hydrogen) atoms. The largest absolute Gasteiger partial charge is 0.493 e. The van der Waals surface area contributed by atoms with E-state index in [1.807, 2.05) is 32.9 Å². The summed E-state index contributed by atoms with van der Waals surface area (Å²) in [6.45, 7) is 6.68. The Morgan fingerprint density at radius 3 is 2.43 bits per heavy atom. The van der Waals surface area contributed by atoms with E-state index >= 15 is 0 Å². The second-order valence-corrected chi connectivity index (χ2v) is 4.87. The maximum atomic E-state index is 5.42. The van der Waals surface area contributed by atoms with Crippen molar-refractivity contribution in [1.29, 1.82) is 0 Å². The molecule has 0 aliphatic carbocycles. The van der Waals surface area contributed by atoms with Gasteiger partial charge < -0.3 is 14.8 Å². The minimum Gasteiger partial charge on any atom is -0.493 e. The van der Waals surface area contributed by atoms with Crippen LogP contribution in [0.2, 0.25) is 0 Å². The van der Waals surface area contributed by atoms with E-state index in [1.54, 1.807) is 20.5 Å². The van der Waals surface area contributed by atoms with Crippen LogP contribution in [0.5, 0.6) is 11.5 Å². The fraction of sp³-hybridized carbons (Fsp3) is 0.375. The predicted octanol–water partition coefficient (Wildman–Crippen LogP) is 3.03. The number of methoxy groups -OCH3 is 2. The highest BCUT2D eigenvalue weighted by molar-refractivity contribution is 5.52. The highest BCUT2D eigenvalue weighted by Crippen LogP contribution is 2.33. The lowest BCUT2D eigenvalue weighted by atomic mass is 10.1. The molecule has 2 rings (SSSR count). The number of nitrogens with one attached hydrogen (secondary N) is 1. The van der Waals surface area contributed by atoms with Crippen molar-refractivity contribution >= 4 is 5.82 Å². The van der Waals surface area contributed by atoms with Crippen molar-refractivity contribution in [3.8, 4) is 11.5 Å². The van der Waals surface area contributed by atoms with Crippen LogP contribution in [-0.2, 0) is 6.54 Å². The second kappa shape index (κ2) is 6.43. The summed E-state index contributed by atoms with van der Waals surface area (Å²) in [7, 11) is 3.29. The Labute approximate surface area is 125 Å². The molecule has 0 saturated heterocycles. The van der Waals surface area contributed by atoms with Gasteiger partial charge in [0.2, 0.25) is 0 Å². The van der Waals surface area contributed by atoms with Crippen LogP contribution in [0.15, 0.2) is 18.5 Å². The Morgan fingerprint density at radius 2 is 1.76 bits per heavy atom. The molecule has 0 radical (unpaired) electrons. The Bertz CT molecular complexity index is 642. The van der Waals surface area contributed by atoms with Crippen LogP contribution in [-0.4, -0.2) is 24.2 Å². The molecule has 0 aliphatic rings. The topological polar surface area (TPSA) is 56.3 Å². The van der Waals surface area contributed by atoms with E-state index in [0.717, 1.165) is 39.7 Å². The molecule has 0 aliphatic heterocycles. The van der Waals surface area contributed by atoms with Crippen molar-refractivity contribution in [2.75, 3.05) is 19.5 Å². The van der Waals surface area contributed by atoms with Crippen molar-refractivity contribution in [3.63, 3.8) is 0 Å². The summed E-state index contributed by atoms with van der Waals surface area (Å²) in [4.78, 5) is 8.46. The lowest BCUT2D eigenvalue weighted by Gasteiger charge is -2.15. The number of ether oxygens (including phenoxy) is 2. The molecule has 0 unspecified atom stereocenters. The molecule has 1 N–H and O–H groups in total. The Kier molecular flexibility index (Phi) is 4.62. The molecule has 0 spiro atoms. The van der Waals surface area contributed by atoms with Crippen molar-refractivity contribution < 1.29 is 9.47 Å². The van der Waals surface area contributed by atoms with Gasteiger partial charge in [0.15, 0.2) is 11.5 Å². The normalized spacial score (nSPS) is 10.3. The van der Waals surface area contributed by atoms with Crippen molar-refractivity contribution in [2.45, 2.75) is 27.3 Å². The standard InChI is InChI=1S/C16H21N3O2/c1-10-12(3)18-9-19-16(10)17-8-13-6-7-14(20-4)15(21-5)11(13)2/h6-7,9H,8H2,1-5H3,(H,17,18,19). The van der Waals surface area contributed by atoms with Crippen LogP contribution < -0.4 is 14.8 Å². The average Bonchev–Trinajstić information content (AvgIpc) is 2.49. The first-order valence-corrected chi connectivity index (χ1v) is 6.81. The third-order valence-corrected chi connectivity index (χ3v) is 3.69. The molecule has 1 aromatic carbocycles. The van der Waals surface area contributed by atoms with Gasteiger partial charge in [0.1, 0.15) is 12.1 Å². The summed E-state index contributed by atoms with van der Waals surface area (Å²) >= 11 is 0. The first kappa shape index (κ1) is 15.1. The lowest BCUT2D eigenvalue weighted by Crippen LogP contribution is -2.07. The van der Waals surface area contributed by atoms with Gasteiger partial charge in [-0.2, -0.15) is 0 Å². The summed E-state index contributed by atoms with van der Waals surface area (Å²) in [6.07, 6.45) is 1.58. The van der Waals surface area contributed by atoms with E-state index in [9.17, 15) is 0 Å². The summed E-state index contributed by atoms with van der Waals surface area (Å²) in [6, 6.07) is 3.95. The van der Waals surface area contributed by atoms with Crippen molar-refractivity contribution in [3.05, 3.63) is 40.8 Å². The second-order valence-electron chi connectivity index (χ2n) is 4.87. The minimum absolute atomic E-state index is 0.670. The SMILES string of the molecule is COc1ccc(CNc2ncnc(C)c2C)c(C)c1OC. The van der Waals surface area contributed by atoms with Crippen LogP contribution in [0.3, 0.4) is 0 Å². The van der Waals surface area contributed by atoms with Gasteiger partial charge in [-0.1, -0.05) is 6.07 Å². The molecule has 5 nitrogen and oxygen atoms in total. The number of hydrogen-bond donors (Lipinski definition) is 1. The molecule has 112 valence electrons. The summed E-state index contributed by atoms with van der Waals surface area (Å²) in [5, 5.41) is 3.35. The smallest absolute Gasteiger partial charge is 0.163 e. The maximum Gasteiger partial charge on any atom is 0.163 e. The van der Waals surface area contributed by atoms with Gasteiger partial charge in [-0.05, 0) is 38.0 Å². The van der Waals surface area contributed by atoms with E-state index in [4.69, 9.17) is 9.47 Å². The molecule has 0 bridgehead atoms. The minimum atomic E-state index is 0.670. The number of rotatable bonds is 5. The zero-order valence-corrected chi connectivity index (χ0v) is 13.2. The van der Waals surface area contributed by atoms with Crippen molar-refractivity contribution in [1.82, 2.24) is 9.97 Å². The van der Waals surface area contributed by atoms with Gasteiger partial charge in [-0.25, -0.2) is 9.97 Å². The van der Waals surface area contributed by atoms with E-state index in [0.29, 0.717) is 6.54 Å².